The van der Waals surface area contributed by atoms with E-state index < -0.39 is 0 Å². The molecule has 0 aromatic carbocycles. The molecule has 3 N–H and O–H groups in total. The van der Waals surface area contributed by atoms with Gasteiger partial charge in [0.15, 0.2) is 0 Å². The zero-order valence-corrected chi connectivity index (χ0v) is 8.84. The van der Waals surface area contributed by atoms with Gasteiger partial charge in [0, 0.05) is 19.3 Å². The average Bonchev–Trinajstić information content (AvgIpc) is 2.30. The van der Waals surface area contributed by atoms with Gasteiger partial charge in [-0.1, -0.05) is 0 Å². The lowest BCUT2D eigenvalue weighted by Crippen LogP contribution is -1.93. The number of rotatable bonds is 3. The minimum Gasteiger partial charge on any atom is -0.456 e. The standard InChI is InChI=1S/C11H12N4O/c1-13-11-3-2-9(7-15-11)16-8-4-5-14-10(12)6-8/h2-7H,1H3,(H2,12,14)(H,13,15). The Morgan fingerprint density at radius 3 is 2.69 bits per heavy atom. The number of pyridine rings is 2. The SMILES string of the molecule is CNc1ccc(Oc2ccnc(N)c2)cn1. The first-order chi connectivity index (χ1) is 7.78. The van der Waals surface area contributed by atoms with Crippen LogP contribution in [0.1, 0.15) is 0 Å². The lowest BCUT2D eigenvalue weighted by molar-refractivity contribution is 0.480. The topological polar surface area (TPSA) is 73.1 Å². The van der Waals surface area contributed by atoms with E-state index in [0.29, 0.717) is 17.3 Å². The van der Waals surface area contributed by atoms with Gasteiger partial charge in [-0.15, -0.1) is 0 Å². The number of nitrogens with two attached hydrogens (primary N) is 1. The Morgan fingerprint density at radius 1 is 1.19 bits per heavy atom. The van der Waals surface area contributed by atoms with Crippen molar-refractivity contribution in [3.05, 3.63) is 36.7 Å². The molecule has 5 nitrogen and oxygen atoms in total. The minimum absolute atomic E-state index is 0.428. The van der Waals surface area contributed by atoms with Crippen LogP contribution in [0, 0.1) is 0 Å². The maximum atomic E-state index is 5.55. The maximum Gasteiger partial charge on any atom is 0.145 e. The van der Waals surface area contributed by atoms with Crippen molar-refractivity contribution >= 4 is 11.6 Å². The summed E-state index contributed by atoms with van der Waals surface area (Å²) in [5.74, 6) is 2.52. The lowest BCUT2D eigenvalue weighted by atomic mass is 10.4. The van der Waals surface area contributed by atoms with Gasteiger partial charge in [-0.3, -0.25) is 0 Å². The van der Waals surface area contributed by atoms with Gasteiger partial charge < -0.3 is 15.8 Å². The minimum atomic E-state index is 0.428. The number of nitrogen functional groups attached to an aromatic ring is 1. The number of hydrogen-bond acceptors (Lipinski definition) is 5. The van der Waals surface area contributed by atoms with Crippen LogP contribution in [0.5, 0.6) is 11.5 Å². The van der Waals surface area contributed by atoms with Crippen molar-refractivity contribution in [3.8, 4) is 11.5 Å². The van der Waals surface area contributed by atoms with Crippen LogP contribution >= 0.6 is 0 Å². The molecule has 2 rings (SSSR count). The van der Waals surface area contributed by atoms with Crippen LogP contribution in [0.15, 0.2) is 36.7 Å². The summed E-state index contributed by atoms with van der Waals surface area (Å²) in [6, 6.07) is 7.06. The Morgan fingerprint density at radius 2 is 2.06 bits per heavy atom. The van der Waals surface area contributed by atoms with Gasteiger partial charge in [0.1, 0.15) is 23.1 Å². The number of anilines is 2. The molecule has 0 aliphatic rings. The van der Waals surface area contributed by atoms with Crippen molar-refractivity contribution in [3.63, 3.8) is 0 Å². The van der Waals surface area contributed by atoms with Crippen LogP contribution in [0.4, 0.5) is 11.6 Å². The zero-order chi connectivity index (χ0) is 11.4. The summed E-state index contributed by atoms with van der Waals surface area (Å²) in [7, 11) is 1.81. The first-order valence-electron chi connectivity index (χ1n) is 4.81. The van der Waals surface area contributed by atoms with Crippen molar-refractivity contribution in [1.29, 1.82) is 0 Å². The van der Waals surface area contributed by atoms with Gasteiger partial charge in [-0.2, -0.15) is 0 Å². The quantitative estimate of drug-likeness (QED) is 0.819. The number of nitrogens with one attached hydrogen (secondary N) is 1. The van der Waals surface area contributed by atoms with Gasteiger partial charge in [0.05, 0.1) is 6.20 Å². The van der Waals surface area contributed by atoms with Crippen LogP contribution in [-0.4, -0.2) is 17.0 Å². The highest BCUT2D eigenvalue weighted by atomic mass is 16.5. The van der Waals surface area contributed by atoms with Gasteiger partial charge in [-0.05, 0) is 18.2 Å². The van der Waals surface area contributed by atoms with Gasteiger partial charge in [0.25, 0.3) is 0 Å². The molecule has 0 atom stereocenters. The van der Waals surface area contributed by atoms with E-state index in [1.165, 1.54) is 0 Å². The Hall–Kier alpha value is -2.30. The Labute approximate surface area is 93.3 Å². The van der Waals surface area contributed by atoms with Crippen LogP contribution in [-0.2, 0) is 0 Å². The summed E-state index contributed by atoms with van der Waals surface area (Å²) >= 11 is 0. The number of aromatic nitrogens is 2. The summed E-state index contributed by atoms with van der Waals surface area (Å²) < 4.78 is 5.55. The lowest BCUT2D eigenvalue weighted by Gasteiger charge is -2.06. The van der Waals surface area contributed by atoms with Crippen molar-refractivity contribution in [2.45, 2.75) is 0 Å². The molecule has 0 fully saturated rings. The average molecular weight is 216 g/mol. The number of hydrogen-bond donors (Lipinski definition) is 2. The third kappa shape index (κ3) is 2.38. The molecule has 82 valence electrons. The molecule has 2 heterocycles. The summed E-state index contributed by atoms with van der Waals surface area (Å²) in [5.41, 5.74) is 5.54. The van der Waals surface area contributed by atoms with Crippen molar-refractivity contribution in [2.24, 2.45) is 0 Å². The molecule has 0 saturated carbocycles. The Balaban J connectivity index is 2.14. The molecule has 16 heavy (non-hydrogen) atoms. The summed E-state index contributed by atoms with van der Waals surface area (Å²) in [6.07, 6.45) is 3.24. The molecule has 0 unspecified atom stereocenters. The zero-order valence-electron chi connectivity index (χ0n) is 8.84. The second kappa shape index (κ2) is 4.48. The summed E-state index contributed by atoms with van der Waals surface area (Å²) in [6.45, 7) is 0. The molecule has 0 amide bonds. The highest BCUT2D eigenvalue weighted by Gasteiger charge is 1.98. The monoisotopic (exact) mass is 216 g/mol. The normalized spacial score (nSPS) is 9.81. The smallest absolute Gasteiger partial charge is 0.145 e. The third-order valence-corrected chi connectivity index (χ3v) is 1.98. The Kier molecular flexibility index (Phi) is 2.86. The molecular weight excluding hydrogens is 204 g/mol. The van der Waals surface area contributed by atoms with Gasteiger partial charge in [-0.25, -0.2) is 9.97 Å². The molecule has 0 radical (unpaired) electrons. The summed E-state index contributed by atoms with van der Waals surface area (Å²) in [5, 5.41) is 2.93. The van der Waals surface area contributed by atoms with E-state index in [4.69, 9.17) is 10.5 Å². The third-order valence-electron chi connectivity index (χ3n) is 1.98. The molecular formula is C11H12N4O. The number of nitrogens with zero attached hydrogens (tertiary/aromatic N) is 2. The van der Waals surface area contributed by atoms with E-state index in [2.05, 4.69) is 15.3 Å². The molecule has 5 heteroatoms. The van der Waals surface area contributed by atoms with Crippen molar-refractivity contribution < 1.29 is 4.74 Å². The van der Waals surface area contributed by atoms with Crippen molar-refractivity contribution in [1.82, 2.24) is 9.97 Å². The van der Waals surface area contributed by atoms with E-state index in [1.807, 2.05) is 19.2 Å². The fraction of sp³-hybridized carbons (Fsp3) is 0.0909. The molecule has 0 aliphatic heterocycles. The van der Waals surface area contributed by atoms with Crippen LogP contribution in [0.3, 0.4) is 0 Å². The second-order valence-electron chi connectivity index (χ2n) is 3.15. The summed E-state index contributed by atoms with van der Waals surface area (Å²) in [4.78, 5) is 8.01. The fourth-order valence-electron chi connectivity index (χ4n) is 1.22. The van der Waals surface area contributed by atoms with Gasteiger partial charge in [0.2, 0.25) is 0 Å². The maximum absolute atomic E-state index is 5.55. The van der Waals surface area contributed by atoms with E-state index in [9.17, 15) is 0 Å². The molecule has 0 spiro atoms. The van der Waals surface area contributed by atoms with Crippen molar-refractivity contribution in [2.75, 3.05) is 18.1 Å². The predicted octanol–water partition coefficient (Wildman–Crippen LogP) is 1.89. The molecule has 0 saturated heterocycles. The fourth-order valence-corrected chi connectivity index (χ4v) is 1.22. The first-order valence-corrected chi connectivity index (χ1v) is 4.81. The predicted molar refractivity (Wildman–Crippen MR) is 62.5 cm³/mol. The molecule has 0 aliphatic carbocycles. The second-order valence-corrected chi connectivity index (χ2v) is 3.15. The number of ether oxygens (including phenoxy) is 1. The first kappa shape index (κ1) is 10.2. The van der Waals surface area contributed by atoms with E-state index in [-0.39, 0.29) is 0 Å². The molecule has 2 aromatic rings. The largest absolute Gasteiger partial charge is 0.456 e. The van der Waals surface area contributed by atoms with E-state index >= 15 is 0 Å². The van der Waals surface area contributed by atoms with Crippen LogP contribution < -0.4 is 15.8 Å². The molecule has 0 bridgehead atoms. The van der Waals surface area contributed by atoms with E-state index in [0.717, 1.165) is 5.82 Å². The van der Waals surface area contributed by atoms with Crippen LogP contribution in [0.25, 0.3) is 0 Å². The highest BCUT2D eigenvalue weighted by molar-refractivity contribution is 5.41. The molecule has 2 aromatic heterocycles. The van der Waals surface area contributed by atoms with E-state index in [1.54, 1.807) is 24.5 Å². The van der Waals surface area contributed by atoms with Crippen LogP contribution in [0.2, 0.25) is 0 Å². The Bertz CT molecular complexity index is 470. The highest BCUT2D eigenvalue weighted by Crippen LogP contribution is 2.21. The van der Waals surface area contributed by atoms with Gasteiger partial charge >= 0.3 is 0 Å².